The van der Waals surface area contributed by atoms with Gasteiger partial charge in [0.15, 0.2) is 0 Å². The van der Waals surface area contributed by atoms with Gasteiger partial charge in [-0.15, -0.1) is 0 Å². The van der Waals surface area contributed by atoms with E-state index in [1.807, 2.05) is 0 Å². The number of hydrogen-bond acceptors (Lipinski definition) is 2. The maximum Gasteiger partial charge on any atom is 0.255 e. The summed E-state index contributed by atoms with van der Waals surface area (Å²) in [6, 6.07) is 9.28. The molecule has 0 radical (unpaired) electrons. The summed E-state index contributed by atoms with van der Waals surface area (Å²) < 4.78 is 26.6. The molecule has 21 heavy (non-hydrogen) atoms. The Morgan fingerprint density at radius 2 is 2.00 bits per heavy atom. The molecule has 0 unspecified atom stereocenters. The largest absolute Gasteiger partial charge is 0.322 e. The zero-order valence-electron chi connectivity index (χ0n) is 11.0. The molecule has 2 rings (SSSR count). The molecular formula is C16H12F2N2O. The first-order chi connectivity index (χ1) is 10.1. The second-order valence-corrected chi connectivity index (χ2v) is 4.16. The van der Waals surface area contributed by atoms with Crippen molar-refractivity contribution < 1.29 is 13.6 Å². The predicted octanol–water partition coefficient (Wildman–Crippen LogP) is 2.53. The minimum atomic E-state index is -0.503. The first kappa shape index (κ1) is 14.7. The van der Waals surface area contributed by atoms with Crippen LogP contribution in [0.3, 0.4) is 0 Å². The van der Waals surface area contributed by atoms with Crippen LogP contribution in [0.25, 0.3) is 0 Å². The van der Waals surface area contributed by atoms with Gasteiger partial charge in [-0.1, -0.05) is 17.9 Å². The third-order valence-electron chi connectivity index (χ3n) is 2.64. The van der Waals surface area contributed by atoms with E-state index in [0.717, 1.165) is 6.07 Å². The van der Waals surface area contributed by atoms with Gasteiger partial charge in [-0.2, -0.15) is 0 Å². The maximum atomic E-state index is 13.5. The van der Waals surface area contributed by atoms with Crippen molar-refractivity contribution >= 4 is 11.6 Å². The van der Waals surface area contributed by atoms with Crippen LogP contribution in [0.1, 0.15) is 15.9 Å². The Kier molecular flexibility index (Phi) is 4.64. The maximum absolute atomic E-state index is 13.5. The van der Waals surface area contributed by atoms with E-state index >= 15 is 0 Å². The van der Waals surface area contributed by atoms with E-state index in [9.17, 15) is 13.6 Å². The molecule has 0 saturated heterocycles. The summed E-state index contributed by atoms with van der Waals surface area (Å²) in [5.41, 5.74) is 5.91. The van der Waals surface area contributed by atoms with Crippen molar-refractivity contribution in [2.75, 3.05) is 11.9 Å². The highest BCUT2D eigenvalue weighted by atomic mass is 19.1. The normalized spacial score (nSPS) is 9.67. The average molecular weight is 286 g/mol. The van der Waals surface area contributed by atoms with E-state index in [0.29, 0.717) is 5.69 Å². The number of amides is 1. The van der Waals surface area contributed by atoms with Gasteiger partial charge < -0.3 is 11.1 Å². The number of rotatable bonds is 2. The molecule has 3 nitrogen and oxygen atoms in total. The molecule has 5 heteroatoms. The number of anilines is 1. The van der Waals surface area contributed by atoms with Crippen LogP contribution in [0.4, 0.5) is 14.5 Å². The molecule has 2 aromatic carbocycles. The number of nitrogens with two attached hydrogens (primary N) is 1. The zero-order valence-corrected chi connectivity index (χ0v) is 11.0. The van der Waals surface area contributed by atoms with Crippen molar-refractivity contribution in [2.24, 2.45) is 5.73 Å². The molecule has 0 aromatic heterocycles. The van der Waals surface area contributed by atoms with Crippen LogP contribution in [0.5, 0.6) is 0 Å². The van der Waals surface area contributed by atoms with Crippen LogP contribution in [0.2, 0.25) is 0 Å². The van der Waals surface area contributed by atoms with E-state index in [4.69, 9.17) is 5.73 Å². The predicted molar refractivity (Wildman–Crippen MR) is 76.7 cm³/mol. The lowest BCUT2D eigenvalue weighted by molar-refractivity contribution is 0.102. The van der Waals surface area contributed by atoms with Gasteiger partial charge in [-0.3, -0.25) is 4.79 Å². The summed E-state index contributed by atoms with van der Waals surface area (Å²) in [6.07, 6.45) is 0. The number of benzene rings is 2. The second kappa shape index (κ2) is 6.64. The molecule has 3 N–H and O–H groups in total. The fourth-order valence-electron chi connectivity index (χ4n) is 1.68. The van der Waals surface area contributed by atoms with Crippen LogP contribution in [0.15, 0.2) is 42.5 Å². The molecule has 0 aliphatic carbocycles. The number of carbonyl (C=O) groups is 1. The van der Waals surface area contributed by atoms with Crippen LogP contribution >= 0.6 is 0 Å². The molecule has 0 spiro atoms. The van der Waals surface area contributed by atoms with E-state index in [-0.39, 0.29) is 17.7 Å². The minimum Gasteiger partial charge on any atom is -0.322 e. The Balaban J connectivity index is 2.21. The smallest absolute Gasteiger partial charge is 0.255 e. The van der Waals surface area contributed by atoms with Crippen molar-refractivity contribution in [3.63, 3.8) is 0 Å². The molecule has 0 aliphatic heterocycles. The zero-order chi connectivity index (χ0) is 15.2. The minimum absolute atomic E-state index is 0.110. The molecule has 0 fully saturated rings. The summed E-state index contributed by atoms with van der Waals surface area (Å²) in [5.74, 6) is 3.62. The summed E-state index contributed by atoms with van der Waals surface area (Å²) >= 11 is 0. The summed E-state index contributed by atoms with van der Waals surface area (Å²) in [5, 5.41) is 2.56. The Hall–Kier alpha value is -2.71. The third kappa shape index (κ3) is 3.88. The number of hydrogen-bond donors (Lipinski definition) is 2. The van der Waals surface area contributed by atoms with E-state index in [1.165, 1.54) is 36.4 Å². The lowest BCUT2D eigenvalue weighted by atomic mass is 10.1. The Bertz CT molecular complexity index is 733. The molecule has 106 valence electrons. The molecule has 0 atom stereocenters. The van der Waals surface area contributed by atoms with Crippen molar-refractivity contribution in [3.05, 3.63) is 65.2 Å². The standard InChI is InChI=1S/C16H12F2N2O/c17-13-5-1-3-12(9-13)16(21)20-14-6-7-15(18)11(10-14)4-2-8-19/h1,3,5-7,9-10H,8,19H2,(H,20,21). The van der Waals surface area contributed by atoms with Gasteiger partial charge in [-0.05, 0) is 36.4 Å². The molecular weight excluding hydrogens is 274 g/mol. The van der Waals surface area contributed by atoms with Gasteiger partial charge in [0, 0.05) is 11.3 Å². The molecule has 1 amide bonds. The van der Waals surface area contributed by atoms with Crippen LogP contribution in [-0.4, -0.2) is 12.5 Å². The van der Waals surface area contributed by atoms with Crippen molar-refractivity contribution in [1.29, 1.82) is 0 Å². The molecule has 0 bridgehead atoms. The number of carbonyl (C=O) groups excluding carboxylic acids is 1. The highest BCUT2D eigenvalue weighted by Crippen LogP contribution is 2.15. The van der Waals surface area contributed by atoms with E-state index in [1.54, 1.807) is 0 Å². The summed E-state index contributed by atoms with van der Waals surface area (Å²) in [6.45, 7) is 0.110. The lowest BCUT2D eigenvalue weighted by Gasteiger charge is -2.06. The second-order valence-electron chi connectivity index (χ2n) is 4.16. The number of nitrogens with one attached hydrogen (secondary N) is 1. The summed E-state index contributed by atoms with van der Waals surface area (Å²) in [4.78, 5) is 11.9. The molecule has 2 aromatic rings. The summed E-state index contributed by atoms with van der Waals surface area (Å²) in [7, 11) is 0. The fourth-order valence-corrected chi connectivity index (χ4v) is 1.68. The molecule has 0 aliphatic rings. The van der Waals surface area contributed by atoms with Gasteiger partial charge >= 0.3 is 0 Å². The van der Waals surface area contributed by atoms with Gasteiger partial charge in [0.05, 0.1) is 12.1 Å². The first-order valence-electron chi connectivity index (χ1n) is 6.15. The van der Waals surface area contributed by atoms with E-state index < -0.39 is 17.5 Å². The lowest BCUT2D eigenvalue weighted by Crippen LogP contribution is -2.12. The quantitative estimate of drug-likeness (QED) is 0.834. The Morgan fingerprint density at radius 1 is 1.19 bits per heavy atom. The monoisotopic (exact) mass is 286 g/mol. The van der Waals surface area contributed by atoms with Gasteiger partial charge in [0.25, 0.3) is 5.91 Å². The highest BCUT2D eigenvalue weighted by Gasteiger charge is 2.08. The topological polar surface area (TPSA) is 55.1 Å². The Morgan fingerprint density at radius 3 is 2.71 bits per heavy atom. The van der Waals surface area contributed by atoms with Crippen LogP contribution in [0, 0.1) is 23.5 Å². The van der Waals surface area contributed by atoms with Crippen LogP contribution in [-0.2, 0) is 0 Å². The van der Waals surface area contributed by atoms with Gasteiger partial charge in [0.1, 0.15) is 11.6 Å². The van der Waals surface area contributed by atoms with Crippen molar-refractivity contribution in [1.82, 2.24) is 0 Å². The van der Waals surface area contributed by atoms with Crippen molar-refractivity contribution in [2.45, 2.75) is 0 Å². The SMILES string of the molecule is NCC#Cc1cc(NC(=O)c2cccc(F)c2)ccc1F. The Labute approximate surface area is 120 Å². The highest BCUT2D eigenvalue weighted by molar-refractivity contribution is 6.04. The molecule has 0 heterocycles. The third-order valence-corrected chi connectivity index (χ3v) is 2.64. The first-order valence-corrected chi connectivity index (χ1v) is 6.15. The van der Waals surface area contributed by atoms with Gasteiger partial charge in [0.2, 0.25) is 0 Å². The molecule has 0 saturated carbocycles. The van der Waals surface area contributed by atoms with E-state index in [2.05, 4.69) is 17.2 Å². The average Bonchev–Trinajstić information content (AvgIpc) is 2.47. The van der Waals surface area contributed by atoms with Crippen LogP contribution < -0.4 is 11.1 Å². The number of halogens is 2. The van der Waals surface area contributed by atoms with Crippen molar-refractivity contribution in [3.8, 4) is 11.8 Å². The van der Waals surface area contributed by atoms with Gasteiger partial charge in [-0.25, -0.2) is 8.78 Å². The fraction of sp³-hybridized carbons (Fsp3) is 0.0625.